The lowest BCUT2D eigenvalue weighted by Gasteiger charge is -2.36. The van der Waals surface area contributed by atoms with E-state index in [1.807, 2.05) is 53.0 Å². The Morgan fingerprint density at radius 2 is 1.91 bits per heavy atom. The molecule has 0 radical (unpaired) electrons. The summed E-state index contributed by atoms with van der Waals surface area (Å²) in [5.74, 6) is -0.438. The molecule has 0 aromatic heterocycles. The number of epoxide rings is 1. The summed E-state index contributed by atoms with van der Waals surface area (Å²) >= 11 is 0. The van der Waals surface area contributed by atoms with Crippen LogP contribution >= 0.6 is 0 Å². The first kappa shape index (κ1) is 36.2. The summed E-state index contributed by atoms with van der Waals surface area (Å²) in [5.41, 5.74) is -0.623. The third kappa shape index (κ3) is 10.7. The summed E-state index contributed by atoms with van der Waals surface area (Å²) in [6, 6.07) is 0. The molecular weight excluding hydrogens is 564 g/mol. The predicted molar refractivity (Wildman–Crippen MR) is 169 cm³/mol. The molecule has 2 saturated heterocycles. The zero-order valence-corrected chi connectivity index (χ0v) is 27.7. The molecule has 250 valence electrons. The number of piperazine rings is 1. The summed E-state index contributed by atoms with van der Waals surface area (Å²) in [4.78, 5) is 29.6. The van der Waals surface area contributed by atoms with Crippen molar-refractivity contribution >= 4 is 12.1 Å². The minimum absolute atomic E-state index is 0.0992. The predicted octanol–water partition coefficient (Wildman–Crippen LogP) is 3.84. The maximum atomic E-state index is 13.0. The van der Waals surface area contributed by atoms with Crippen molar-refractivity contribution in [1.82, 2.24) is 9.80 Å². The molecule has 0 saturated carbocycles. The third-order valence-electron chi connectivity index (χ3n) is 9.33. The number of carbonyl (C=O) groups excluding carboxylic acids is 2. The number of carbonyl (C=O) groups is 2. The van der Waals surface area contributed by atoms with Crippen molar-refractivity contribution in [2.75, 3.05) is 33.2 Å². The largest absolute Gasteiger partial charge is 0.457 e. The van der Waals surface area contributed by atoms with Gasteiger partial charge in [0.15, 0.2) is 6.10 Å². The Morgan fingerprint density at radius 3 is 2.57 bits per heavy atom. The number of amides is 1. The van der Waals surface area contributed by atoms with Gasteiger partial charge < -0.3 is 39.3 Å². The monoisotopic (exact) mass is 620 g/mol. The molecule has 1 amide bonds. The molecular formula is C34H56N2O8. The normalized spacial score (nSPS) is 35.6. The average Bonchev–Trinajstić information content (AvgIpc) is 3.74. The van der Waals surface area contributed by atoms with Crippen molar-refractivity contribution in [2.24, 2.45) is 17.8 Å². The van der Waals surface area contributed by atoms with Crippen LogP contribution in [-0.4, -0.2) is 113 Å². The highest BCUT2D eigenvalue weighted by atomic mass is 16.6. The Hall–Kier alpha value is -2.24. The van der Waals surface area contributed by atoms with Crippen molar-refractivity contribution in [3.8, 4) is 0 Å². The number of likely N-dealkylation sites (N-methyl/N-ethyl adjacent to an activating group) is 1. The van der Waals surface area contributed by atoms with E-state index in [4.69, 9.17) is 14.2 Å². The average molecular weight is 621 g/mol. The lowest BCUT2D eigenvalue weighted by atomic mass is 9.88. The van der Waals surface area contributed by atoms with E-state index in [0.717, 1.165) is 25.1 Å². The van der Waals surface area contributed by atoms with Crippen molar-refractivity contribution < 1.29 is 39.1 Å². The zero-order chi connectivity index (χ0) is 32.6. The molecule has 0 aromatic carbocycles. The second-order valence-electron chi connectivity index (χ2n) is 13.5. The lowest BCUT2D eigenvalue weighted by Crippen LogP contribution is -2.50. The van der Waals surface area contributed by atoms with Gasteiger partial charge in [-0.05, 0) is 64.1 Å². The number of ether oxygens (including phenoxy) is 3. The zero-order valence-electron chi connectivity index (χ0n) is 27.7. The smallest absolute Gasteiger partial charge is 0.410 e. The number of esters is 1. The van der Waals surface area contributed by atoms with Crippen LogP contribution in [0.1, 0.15) is 73.6 Å². The number of rotatable bonds is 9. The summed E-state index contributed by atoms with van der Waals surface area (Å²) in [6.07, 6.45) is 8.02. The minimum atomic E-state index is -1.45. The van der Waals surface area contributed by atoms with Gasteiger partial charge in [0, 0.05) is 38.0 Å². The fraction of sp³-hybridized carbons (Fsp3) is 0.765. The first-order chi connectivity index (χ1) is 20.7. The molecule has 3 aliphatic heterocycles. The van der Waals surface area contributed by atoms with E-state index < -0.39 is 36.0 Å². The molecule has 10 nitrogen and oxygen atoms in total. The van der Waals surface area contributed by atoms with Crippen LogP contribution in [-0.2, 0) is 19.0 Å². The van der Waals surface area contributed by atoms with Crippen LogP contribution in [0.25, 0.3) is 0 Å². The minimum Gasteiger partial charge on any atom is -0.457 e. The summed E-state index contributed by atoms with van der Waals surface area (Å²) in [7, 11) is 2.01. The highest BCUT2D eigenvalue weighted by molar-refractivity contribution is 5.70. The van der Waals surface area contributed by atoms with Gasteiger partial charge in [-0.25, -0.2) is 4.79 Å². The van der Waals surface area contributed by atoms with Gasteiger partial charge in [0.05, 0.1) is 30.8 Å². The standard InChI is InChI=1S/C34H56N2O8/c1-8-27(38)25(5)32-28(42-32)20-22(2)10-9-11-23(3)31-24(4)12-13-29(43-33(40)36-18-16-35(7)17-19-36)34(6,41)15-14-26(37)21-30(39)44-31/h9-13,22,24-29,31-32,37-38,41H,8,14-21H2,1-7H3/b10-9+,13-12+,23-11+. The third-order valence-corrected chi connectivity index (χ3v) is 9.33. The van der Waals surface area contributed by atoms with Crippen molar-refractivity contribution in [1.29, 1.82) is 0 Å². The molecule has 0 aliphatic carbocycles. The Morgan fingerprint density at radius 1 is 1.23 bits per heavy atom. The van der Waals surface area contributed by atoms with E-state index in [0.29, 0.717) is 19.5 Å². The Bertz CT molecular complexity index is 1030. The maximum absolute atomic E-state index is 13.0. The van der Waals surface area contributed by atoms with E-state index in [1.54, 1.807) is 17.9 Å². The summed E-state index contributed by atoms with van der Waals surface area (Å²) in [6.45, 7) is 14.1. The van der Waals surface area contributed by atoms with Gasteiger partial charge in [0.25, 0.3) is 0 Å². The second kappa shape index (κ2) is 16.4. The van der Waals surface area contributed by atoms with Crippen LogP contribution in [0.4, 0.5) is 4.79 Å². The van der Waals surface area contributed by atoms with E-state index in [1.165, 1.54) is 0 Å². The topological polar surface area (TPSA) is 132 Å². The molecule has 0 aromatic rings. The van der Waals surface area contributed by atoms with Crippen LogP contribution in [0.2, 0.25) is 0 Å². The summed E-state index contributed by atoms with van der Waals surface area (Å²) in [5, 5.41) is 32.0. The van der Waals surface area contributed by atoms with E-state index in [9.17, 15) is 24.9 Å². The SMILES string of the molecule is CCC(O)C(C)C1OC1CC(C)/C=C/C=C(\C)C1OC(=O)CC(O)CCC(C)(O)C(OC(=O)N2CCN(C)CC2)/C=C/C1C. The van der Waals surface area contributed by atoms with Crippen LogP contribution in [0.5, 0.6) is 0 Å². The number of allylic oxidation sites excluding steroid dienone is 3. The first-order valence-electron chi connectivity index (χ1n) is 16.3. The number of hydrogen-bond acceptors (Lipinski definition) is 9. The highest BCUT2D eigenvalue weighted by Crippen LogP contribution is 2.36. The molecule has 3 aliphatic rings. The van der Waals surface area contributed by atoms with Gasteiger partial charge in [-0.2, -0.15) is 0 Å². The number of aliphatic hydroxyl groups is 3. The molecule has 10 heteroatoms. The Balaban J connectivity index is 1.71. The van der Waals surface area contributed by atoms with E-state index >= 15 is 0 Å². The van der Waals surface area contributed by atoms with Crippen LogP contribution < -0.4 is 0 Å². The fourth-order valence-electron chi connectivity index (χ4n) is 5.96. The van der Waals surface area contributed by atoms with E-state index in [2.05, 4.69) is 17.9 Å². The molecule has 10 unspecified atom stereocenters. The van der Waals surface area contributed by atoms with Crippen molar-refractivity contribution in [3.05, 3.63) is 36.0 Å². The van der Waals surface area contributed by atoms with Gasteiger partial charge >= 0.3 is 12.1 Å². The number of cyclic esters (lactones) is 1. The quantitative estimate of drug-likeness (QED) is 0.152. The molecule has 3 N–H and O–H groups in total. The fourth-order valence-corrected chi connectivity index (χ4v) is 5.96. The summed E-state index contributed by atoms with van der Waals surface area (Å²) < 4.78 is 17.5. The van der Waals surface area contributed by atoms with Gasteiger partial charge in [-0.3, -0.25) is 4.79 Å². The first-order valence-corrected chi connectivity index (χ1v) is 16.3. The molecule has 3 rings (SSSR count). The molecule has 0 spiro atoms. The van der Waals surface area contributed by atoms with Gasteiger partial charge in [0.1, 0.15) is 11.7 Å². The highest BCUT2D eigenvalue weighted by Gasteiger charge is 2.45. The second-order valence-corrected chi connectivity index (χ2v) is 13.5. The van der Waals surface area contributed by atoms with Crippen molar-refractivity contribution in [3.63, 3.8) is 0 Å². The van der Waals surface area contributed by atoms with Gasteiger partial charge in [0.2, 0.25) is 0 Å². The molecule has 10 atom stereocenters. The molecule has 0 bridgehead atoms. The lowest BCUT2D eigenvalue weighted by molar-refractivity contribution is -0.151. The molecule has 3 heterocycles. The molecule has 44 heavy (non-hydrogen) atoms. The van der Waals surface area contributed by atoms with E-state index in [-0.39, 0.29) is 55.3 Å². The van der Waals surface area contributed by atoms with Crippen LogP contribution in [0.15, 0.2) is 36.0 Å². The maximum Gasteiger partial charge on any atom is 0.410 e. The number of nitrogens with zero attached hydrogens (tertiary/aromatic N) is 2. The Labute approximate surface area is 263 Å². The van der Waals surface area contributed by atoms with Crippen LogP contribution in [0, 0.1) is 17.8 Å². The van der Waals surface area contributed by atoms with Crippen molar-refractivity contribution in [2.45, 2.75) is 116 Å². The van der Waals surface area contributed by atoms with Crippen LogP contribution in [0.3, 0.4) is 0 Å². The van der Waals surface area contributed by atoms with Gasteiger partial charge in [-0.1, -0.05) is 52.0 Å². The molecule has 2 fully saturated rings. The Kier molecular flexibility index (Phi) is 13.5. The number of aliphatic hydroxyl groups excluding tert-OH is 2. The van der Waals surface area contributed by atoms with Gasteiger partial charge in [-0.15, -0.1) is 0 Å². The number of hydrogen-bond donors (Lipinski definition) is 3.